The molecule has 2 aromatic rings. The normalized spacial score (nSPS) is 19.9. The van der Waals surface area contributed by atoms with Gasteiger partial charge in [0.25, 0.3) is 0 Å². The van der Waals surface area contributed by atoms with Crippen molar-refractivity contribution in [3.05, 3.63) is 84.3 Å². The van der Waals surface area contributed by atoms with Gasteiger partial charge in [0.2, 0.25) is 8.32 Å². The molecule has 0 spiro atoms. The van der Waals surface area contributed by atoms with Crippen molar-refractivity contribution in [2.75, 3.05) is 0 Å². The van der Waals surface area contributed by atoms with Gasteiger partial charge in [-0.25, -0.2) is 0 Å². The van der Waals surface area contributed by atoms with E-state index in [9.17, 15) is 0 Å². The average molecular weight is 353 g/mol. The Balaban J connectivity index is 1.91. The van der Waals surface area contributed by atoms with Crippen LogP contribution in [-0.2, 0) is 14.6 Å². The van der Waals surface area contributed by atoms with Crippen molar-refractivity contribution in [1.29, 1.82) is 0 Å². The fourth-order valence-electron chi connectivity index (χ4n) is 3.81. The fraction of sp³-hybridized carbons (Fsp3) is 0.364. The maximum absolute atomic E-state index is 6.24. The topological polar surface area (TPSA) is 18.5 Å². The Morgan fingerprint density at radius 3 is 1.96 bits per heavy atom. The Hall–Kier alpha value is -2.00. The third-order valence-electron chi connectivity index (χ3n) is 4.88. The molecule has 132 valence electrons. The van der Waals surface area contributed by atoms with Gasteiger partial charge in [0.15, 0.2) is 0 Å². The van der Waals surface area contributed by atoms with Gasteiger partial charge < -0.3 is 9.16 Å². The molecule has 1 atom stereocenters. The van der Waals surface area contributed by atoms with E-state index in [1.54, 1.807) is 12.5 Å². The predicted octanol–water partition coefficient (Wildman–Crippen LogP) is 5.86. The van der Waals surface area contributed by atoms with E-state index in [4.69, 9.17) is 9.16 Å². The van der Waals surface area contributed by atoms with Crippen LogP contribution in [0.4, 0.5) is 0 Å². The molecule has 1 aliphatic carbocycles. The molecule has 3 rings (SSSR count). The van der Waals surface area contributed by atoms with Gasteiger partial charge >= 0.3 is 0 Å². The molecular weight excluding hydrogens is 324 g/mol. The van der Waals surface area contributed by atoms with Crippen molar-refractivity contribution in [3.8, 4) is 0 Å². The summed E-state index contributed by atoms with van der Waals surface area (Å²) in [5.74, 6) is 0. The zero-order chi connectivity index (χ0) is 17.8. The minimum absolute atomic E-state index is 0.0912. The summed E-state index contributed by atoms with van der Waals surface area (Å²) in [6, 6.07) is 21.6. The monoisotopic (exact) mass is 352 g/mol. The van der Waals surface area contributed by atoms with E-state index in [0.29, 0.717) is 0 Å². The molecule has 1 saturated carbocycles. The Kier molecular flexibility index (Phi) is 5.33. The smallest absolute Gasteiger partial charge is 0.241 e. The molecule has 0 bridgehead atoms. The zero-order valence-electron chi connectivity index (χ0n) is 15.4. The first-order valence-electron chi connectivity index (χ1n) is 9.12. The molecule has 2 nitrogen and oxygen atoms in total. The van der Waals surface area contributed by atoms with Crippen molar-refractivity contribution in [3.63, 3.8) is 0 Å². The molecule has 1 fully saturated rings. The molecule has 1 aliphatic rings. The van der Waals surface area contributed by atoms with E-state index >= 15 is 0 Å². The largest absolute Gasteiger partial charge is 0.547 e. The number of ether oxygens (including phenoxy) is 1. The highest BCUT2D eigenvalue weighted by atomic mass is 28.4. The molecule has 2 aromatic carbocycles. The Morgan fingerprint density at radius 1 is 0.880 bits per heavy atom. The van der Waals surface area contributed by atoms with E-state index in [2.05, 4.69) is 80.3 Å². The van der Waals surface area contributed by atoms with Crippen LogP contribution in [0.2, 0.25) is 19.6 Å². The van der Waals surface area contributed by atoms with E-state index in [1.807, 2.05) is 0 Å². The lowest BCUT2D eigenvalue weighted by atomic mass is 9.71. The van der Waals surface area contributed by atoms with Crippen LogP contribution in [0.1, 0.15) is 30.4 Å². The van der Waals surface area contributed by atoms with Gasteiger partial charge in [-0.2, -0.15) is 0 Å². The van der Waals surface area contributed by atoms with Crippen LogP contribution in [0.25, 0.3) is 0 Å². The quantitative estimate of drug-likeness (QED) is 0.478. The minimum Gasteiger partial charge on any atom is -0.547 e. The molecule has 0 N–H and O–H groups in total. The first-order valence-corrected chi connectivity index (χ1v) is 12.5. The van der Waals surface area contributed by atoms with Crippen LogP contribution in [0.5, 0.6) is 0 Å². The number of rotatable bonds is 6. The zero-order valence-corrected chi connectivity index (χ0v) is 16.4. The van der Waals surface area contributed by atoms with Crippen molar-refractivity contribution in [1.82, 2.24) is 0 Å². The van der Waals surface area contributed by atoms with Gasteiger partial charge in [-0.15, -0.1) is 0 Å². The number of hydrogen-bond donors (Lipinski definition) is 0. The third kappa shape index (κ3) is 3.98. The van der Waals surface area contributed by atoms with E-state index in [1.165, 1.54) is 11.1 Å². The van der Waals surface area contributed by atoms with Crippen molar-refractivity contribution >= 4 is 8.32 Å². The van der Waals surface area contributed by atoms with Gasteiger partial charge in [-0.05, 0) is 50.0 Å². The van der Waals surface area contributed by atoms with Gasteiger partial charge in [0, 0.05) is 0 Å². The van der Waals surface area contributed by atoms with Crippen LogP contribution in [-0.4, -0.2) is 14.4 Å². The van der Waals surface area contributed by atoms with Gasteiger partial charge in [-0.1, -0.05) is 60.7 Å². The molecule has 0 saturated heterocycles. The average Bonchev–Trinajstić information content (AvgIpc) is 3.04. The SMILES string of the molecule is C[Si](C)(C)O/C=C\O[C@@H]1CCCC1(c1ccccc1)c1ccccc1. The molecular formula is C22H28O2Si. The van der Waals surface area contributed by atoms with Crippen molar-refractivity contribution < 1.29 is 9.16 Å². The maximum Gasteiger partial charge on any atom is 0.241 e. The standard InChI is InChI=1S/C22H28O2Si/c1-25(2,3)24-18-17-23-21-15-10-16-22(21,19-11-6-4-7-12-19)20-13-8-5-9-14-20/h4-9,11-14,17-18,21H,10,15-16H2,1-3H3/b18-17-/t21-/m1/s1. The molecule has 0 aliphatic heterocycles. The molecule has 0 heterocycles. The van der Waals surface area contributed by atoms with Crippen LogP contribution in [0.15, 0.2) is 73.2 Å². The van der Waals surface area contributed by atoms with Crippen LogP contribution >= 0.6 is 0 Å². The van der Waals surface area contributed by atoms with E-state index in [-0.39, 0.29) is 11.5 Å². The maximum atomic E-state index is 6.24. The predicted molar refractivity (Wildman–Crippen MR) is 106 cm³/mol. The third-order valence-corrected chi connectivity index (χ3v) is 5.73. The molecule has 0 aromatic heterocycles. The number of benzene rings is 2. The van der Waals surface area contributed by atoms with Gasteiger partial charge in [0.05, 0.1) is 5.41 Å². The molecule has 0 amide bonds. The molecule has 25 heavy (non-hydrogen) atoms. The van der Waals surface area contributed by atoms with Gasteiger partial charge in [0.1, 0.15) is 18.6 Å². The highest BCUT2D eigenvalue weighted by molar-refractivity contribution is 6.69. The Bertz CT molecular complexity index is 649. The van der Waals surface area contributed by atoms with Crippen LogP contribution in [0, 0.1) is 0 Å². The summed E-state index contributed by atoms with van der Waals surface area (Å²) in [7, 11) is -1.56. The fourth-order valence-corrected chi connectivity index (χ4v) is 4.28. The Morgan fingerprint density at radius 2 is 1.44 bits per heavy atom. The summed E-state index contributed by atoms with van der Waals surface area (Å²) in [6.45, 7) is 6.52. The second-order valence-electron chi connectivity index (χ2n) is 7.72. The van der Waals surface area contributed by atoms with Crippen LogP contribution < -0.4 is 0 Å². The molecule has 3 heteroatoms. The second kappa shape index (κ2) is 7.48. The second-order valence-corrected chi connectivity index (χ2v) is 12.2. The summed E-state index contributed by atoms with van der Waals surface area (Å²) in [5, 5.41) is 0. The highest BCUT2D eigenvalue weighted by Crippen LogP contribution is 2.48. The molecule has 0 unspecified atom stereocenters. The summed E-state index contributed by atoms with van der Waals surface area (Å²) < 4.78 is 12.0. The summed E-state index contributed by atoms with van der Waals surface area (Å²) in [5.41, 5.74) is 2.58. The lowest BCUT2D eigenvalue weighted by Gasteiger charge is -2.36. The summed E-state index contributed by atoms with van der Waals surface area (Å²) in [4.78, 5) is 0. The highest BCUT2D eigenvalue weighted by Gasteiger charge is 2.46. The van der Waals surface area contributed by atoms with Crippen molar-refractivity contribution in [2.24, 2.45) is 0 Å². The molecule has 0 radical (unpaired) electrons. The summed E-state index contributed by atoms with van der Waals surface area (Å²) >= 11 is 0. The van der Waals surface area contributed by atoms with Gasteiger partial charge in [-0.3, -0.25) is 0 Å². The van der Waals surface area contributed by atoms with Crippen LogP contribution in [0.3, 0.4) is 0 Å². The lowest BCUT2D eigenvalue weighted by molar-refractivity contribution is 0.0990. The first-order chi connectivity index (χ1) is 12.0. The minimum atomic E-state index is -1.56. The summed E-state index contributed by atoms with van der Waals surface area (Å²) in [6.07, 6.45) is 6.95. The first kappa shape index (κ1) is 17.8. The van der Waals surface area contributed by atoms with E-state index in [0.717, 1.165) is 19.3 Å². The Labute approximate surface area is 152 Å². The number of hydrogen-bond acceptors (Lipinski definition) is 2. The van der Waals surface area contributed by atoms with Crippen molar-refractivity contribution in [2.45, 2.75) is 50.4 Å². The lowest BCUT2D eigenvalue weighted by Crippen LogP contribution is -2.37. The van der Waals surface area contributed by atoms with E-state index < -0.39 is 8.32 Å².